The highest BCUT2D eigenvalue weighted by molar-refractivity contribution is 5.88. The van der Waals surface area contributed by atoms with Crippen molar-refractivity contribution < 1.29 is 14.3 Å². The lowest BCUT2D eigenvalue weighted by molar-refractivity contribution is 0.0526. The quantitative estimate of drug-likeness (QED) is 0.444. The van der Waals surface area contributed by atoms with Gasteiger partial charge in [0.05, 0.1) is 31.7 Å². The number of hydrogen-bond acceptors (Lipinski definition) is 7. The minimum absolute atomic E-state index is 0.297. The van der Waals surface area contributed by atoms with Gasteiger partial charge < -0.3 is 9.47 Å². The molecule has 31 heavy (non-hydrogen) atoms. The van der Waals surface area contributed by atoms with Crippen LogP contribution in [0.5, 0.6) is 5.88 Å². The van der Waals surface area contributed by atoms with Crippen LogP contribution in [0.4, 0.5) is 0 Å². The molecule has 9 heteroatoms. The van der Waals surface area contributed by atoms with E-state index in [9.17, 15) is 4.79 Å². The lowest BCUT2D eigenvalue weighted by atomic mass is 10.1. The number of ether oxygens (including phenoxy) is 2. The van der Waals surface area contributed by atoms with Gasteiger partial charge in [0.2, 0.25) is 5.88 Å². The van der Waals surface area contributed by atoms with Gasteiger partial charge in [0.15, 0.2) is 0 Å². The molecular weight excluding hydrogens is 396 g/mol. The molecule has 1 aliphatic carbocycles. The zero-order valence-electron chi connectivity index (χ0n) is 17.4. The van der Waals surface area contributed by atoms with Crippen molar-refractivity contribution in [2.24, 2.45) is 5.92 Å². The molecule has 0 fully saturated rings. The van der Waals surface area contributed by atoms with Crippen LogP contribution in [-0.4, -0.2) is 49.2 Å². The summed E-state index contributed by atoms with van der Waals surface area (Å²) in [6, 6.07) is 8.57. The average Bonchev–Trinajstić information content (AvgIpc) is 3.51. The zero-order valence-corrected chi connectivity index (χ0v) is 17.4. The van der Waals surface area contributed by atoms with E-state index in [1.165, 1.54) is 22.0 Å². The SMILES string of the molecule is CCOC(=O)c1cnn(-c2nc(OC)c3c(cnn3CC3Cc4ccccc4C3)n2)c1. The van der Waals surface area contributed by atoms with Gasteiger partial charge >= 0.3 is 5.97 Å². The molecule has 0 saturated heterocycles. The molecule has 1 aliphatic rings. The molecular formula is C22H22N6O3. The van der Waals surface area contributed by atoms with Gasteiger partial charge in [0.25, 0.3) is 5.95 Å². The third kappa shape index (κ3) is 3.52. The Morgan fingerprint density at radius 3 is 2.61 bits per heavy atom. The van der Waals surface area contributed by atoms with Crippen LogP contribution in [0.25, 0.3) is 17.0 Å². The van der Waals surface area contributed by atoms with Crippen molar-refractivity contribution >= 4 is 17.0 Å². The molecule has 0 radical (unpaired) electrons. The number of methoxy groups -OCH3 is 1. The van der Waals surface area contributed by atoms with E-state index in [2.05, 4.69) is 44.4 Å². The minimum atomic E-state index is -0.438. The number of fused-ring (bicyclic) bond motifs is 2. The Morgan fingerprint density at radius 1 is 1.13 bits per heavy atom. The molecule has 0 spiro atoms. The number of rotatable bonds is 6. The van der Waals surface area contributed by atoms with Crippen LogP contribution < -0.4 is 4.74 Å². The van der Waals surface area contributed by atoms with Crippen molar-refractivity contribution in [3.05, 3.63) is 59.5 Å². The van der Waals surface area contributed by atoms with Crippen molar-refractivity contribution in [2.45, 2.75) is 26.3 Å². The first-order valence-corrected chi connectivity index (χ1v) is 10.2. The lowest BCUT2D eigenvalue weighted by Crippen LogP contribution is -2.13. The Hall–Kier alpha value is -3.75. The normalized spacial score (nSPS) is 13.5. The summed E-state index contributed by atoms with van der Waals surface area (Å²) in [5.41, 5.74) is 4.56. The van der Waals surface area contributed by atoms with E-state index in [-0.39, 0.29) is 0 Å². The van der Waals surface area contributed by atoms with Gasteiger partial charge in [0.1, 0.15) is 11.0 Å². The van der Waals surface area contributed by atoms with Crippen LogP contribution in [0.1, 0.15) is 28.4 Å². The van der Waals surface area contributed by atoms with Crippen molar-refractivity contribution in [3.63, 3.8) is 0 Å². The number of hydrogen-bond donors (Lipinski definition) is 0. The first-order valence-electron chi connectivity index (χ1n) is 10.2. The van der Waals surface area contributed by atoms with Gasteiger partial charge in [0, 0.05) is 12.7 Å². The molecule has 3 aromatic heterocycles. The zero-order chi connectivity index (χ0) is 21.4. The molecule has 0 unspecified atom stereocenters. The molecule has 0 saturated carbocycles. The molecule has 0 aliphatic heterocycles. The van der Waals surface area contributed by atoms with Gasteiger partial charge in [-0.05, 0) is 36.8 Å². The maximum absolute atomic E-state index is 11.9. The van der Waals surface area contributed by atoms with Crippen LogP contribution in [-0.2, 0) is 24.1 Å². The highest BCUT2D eigenvalue weighted by Crippen LogP contribution is 2.30. The second kappa shape index (κ2) is 7.82. The summed E-state index contributed by atoms with van der Waals surface area (Å²) in [7, 11) is 1.57. The summed E-state index contributed by atoms with van der Waals surface area (Å²) < 4.78 is 13.9. The van der Waals surface area contributed by atoms with Gasteiger partial charge in [-0.3, -0.25) is 4.68 Å². The predicted octanol–water partition coefficient (Wildman–Crippen LogP) is 2.61. The fourth-order valence-electron chi connectivity index (χ4n) is 4.11. The summed E-state index contributed by atoms with van der Waals surface area (Å²) >= 11 is 0. The van der Waals surface area contributed by atoms with E-state index in [0.717, 1.165) is 24.9 Å². The van der Waals surface area contributed by atoms with Crippen LogP contribution in [0.2, 0.25) is 0 Å². The van der Waals surface area contributed by atoms with Gasteiger partial charge in [-0.2, -0.15) is 15.2 Å². The molecule has 0 bridgehead atoms. The van der Waals surface area contributed by atoms with Gasteiger partial charge in [-0.1, -0.05) is 24.3 Å². The molecule has 3 heterocycles. The van der Waals surface area contributed by atoms with Crippen LogP contribution in [0.3, 0.4) is 0 Å². The van der Waals surface area contributed by atoms with E-state index < -0.39 is 5.97 Å². The Bertz CT molecular complexity index is 1240. The number of esters is 1. The monoisotopic (exact) mass is 418 g/mol. The van der Waals surface area contributed by atoms with Crippen molar-refractivity contribution in [1.29, 1.82) is 0 Å². The maximum atomic E-state index is 11.9. The lowest BCUT2D eigenvalue weighted by Gasteiger charge is -2.12. The molecule has 4 aromatic rings. The van der Waals surface area contributed by atoms with E-state index in [0.29, 0.717) is 35.4 Å². The summed E-state index contributed by atoms with van der Waals surface area (Å²) in [6.07, 6.45) is 6.74. The van der Waals surface area contributed by atoms with Crippen molar-refractivity contribution in [1.82, 2.24) is 29.5 Å². The Kier molecular flexibility index (Phi) is 4.85. The highest BCUT2D eigenvalue weighted by atomic mass is 16.5. The van der Waals surface area contributed by atoms with Crippen LogP contribution in [0.15, 0.2) is 42.9 Å². The van der Waals surface area contributed by atoms with Gasteiger partial charge in [-0.15, -0.1) is 0 Å². The van der Waals surface area contributed by atoms with Crippen LogP contribution in [0, 0.1) is 5.92 Å². The van der Waals surface area contributed by atoms with E-state index >= 15 is 0 Å². The molecule has 158 valence electrons. The van der Waals surface area contributed by atoms with E-state index in [1.54, 1.807) is 26.4 Å². The smallest absolute Gasteiger partial charge is 0.341 e. The Morgan fingerprint density at radius 2 is 1.90 bits per heavy atom. The van der Waals surface area contributed by atoms with E-state index in [4.69, 9.17) is 9.47 Å². The second-order valence-corrected chi connectivity index (χ2v) is 7.53. The number of carbonyl (C=O) groups excluding carboxylic acids is 1. The fraction of sp³-hybridized carbons (Fsp3) is 0.318. The highest BCUT2D eigenvalue weighted by Gasteiger charge is 2.24. The van der Waals surface area contributed by atoms with Crippen LogP contribution >= 0.6 is 0 Å². The Balaban J connectivity index is 1.44. The number of benzene rings is 1. The predicted molar refractivity (Wildman–Crippen MR) is 112 cm³/mol. The Labute approximate surface area is 178 Å². The third-order valence-corrected chi connectivity index (χ3v) is 5.50. The maximum Gasteiger partial charge on any atom is 0.341 e. The first kappa shape index (κ1) is 19.2. The fourth-order valence-corrected chi connectivity index (χ4v) is 4.11. The van der Waals surface area contributed by atoms with Crippen molar-refractivity contribution in [3.8, 4) is 11.8 Å². The second-order valence-electron chi connectivity index (χ2n) is 7.53. The van der Waals surface area contributed by atoms with Gasteiger partial charge in [-0.25, -0.2) is 14.5 Å². The average molecular weight is 418 g/mol. The molecule has 5 rings (SSSR count). The molecule has 1 aromatic carbocycles. The molecule has 0 atom stereocenters. The summed E-state index contributed by atoms with van der Waals surface area (Å²) in [5, 5.41) is 8.75. The van der Waals surface area contributed by atoms with E-state index in [1.807, 2.05) is 4.68 Å². The number of aromatic nitrogens is 6. The molecule has 9 nitrogen and oxygen atoms in total. The summed E-state index contributed by atoms with van der Waals surface area (Å²) in [4.78, 5) is 21.0. The molecule has 0 N–H and O–H groups in total. The number of carbonyl (C=O) groups is 1. The summed E-state index contributed by atoms with van der Waals surface area (Å²) in [6.45, 7) is 2.81. The minimum Gasteiger partial charge on any atom is -0.479 e. The third-order valence-electron chi connectivity index (χ3n) is 5.50. The summed E-state index contributed by atoms with van der Waals surface area (Å²) in [5.74, 6) is 0.740. The first-order chi connectivity index (χ1) is 15.2. The standard InChI is InChI=1S/C22H22N6O3/c1-3-31-21(29)17-10-23-28(13-17)22-25-18-11-24-27(19(18)20(26-22)30-2)12-14-8-15-6-4-5-7-16(15)9-14/h4-7,10-11,13-14H,3,8-9,12H2,1-2H3. The largest absolute Gasteiger partial charge is 0.479 e. The topological polar surface area (TPSA) is 97.0 Å². The van der Waals surface area contributed by atoms with Crippen molar-refractivity contribution in [2.75, 3.05) is 13.7 Å². The number of nitrogens with zero attached hydrogens (tertiary/aromatic N) is 6. The molecule has 0 amide bonds.